The molecule has 0 bridgehead atoms. The van der Waals surface area contributed by atoms with Crippen molar-refractivity contribution in [2.75, 3.05) is 19.5 Å². The van der Waals surface area contributed by atoms with Crippen molar-refractivity contribution >= 4 is 46.3 Å². The van der Waals surface area contributed by atoms with Gasteiger partial charge in [0.05, 0.1) is 24.8 Å². The molecule has 0 aromatic carbocycles. The van der Waals surface area contributed by atoms with Gasteiger partial charge in [-0.05, 0) is 48.4 Å². The van der Waals surface area contributed by atoms with E-state index in [4.69, 9.17) is 15.2 Å². The van der Waals surface area contributed by atoms with Gasteiger partial charge in [0.15, 0.2) is 5.69 Å². The number of nitrogen functional groups attached to an aromatic ring is 1. The van der Waals surface area contributed by atoms with Gasteiger partial charge in [0.1, 0.15) is 10.2 Å². The summed E-state index contributed by atoms with van der Waals surface area (Å²) in [4.78, 5) is 47.6. The number of thioether (sulfide) groups is 1. The summed E-state index contributed by atoms with van der Waals surface area (Å²) < 4.78 is 11.4. The molecule has 1 aliphatic heterocycles. The van der Waals surface area contributed by atoms with Crippen molar-refractivity contribution in [2.24, 2.45) is 0 Å². The zero-order valence-electron chi connectivity index (χ0n) is 17.8. The molecule has 0 saturated heterocycles. The second-order valence-electron chi connectivity index (χ2n) is 6.94. The van der Waals surface area contributed by atoms with E-state index in [1.165, 1.54) is 11.7 Å². The third kappa shape index (κ3) is 4.00. The monoisotopic (exact) mass is 464 g/mol. The molecule has 0 unspecified atom stereocenters. The molecule has 0 spiro atoms. The lowest BCUT2D eigenvalue weighted by Gasteiger charge is -2.23. The molecule has 3 aromatic heterocycles. The lowest BCUT2D eigenvalue weighted by atomic mass is 10.1. The maximum atomic E-state index is 13.7. The fourth-order valence-corrected chi connectivity index (χ4v) is 4.76. The van der Waals surface area contributed by atoms with Crippen LogP contribution in [0.25, 0.3) is 11.0 Å². The highest BCUT2D eigenvalue weighted by Gasteiger charge is 2.38. The molecule has 4 rings (SSSR count). The number of esters is 2. The van der Waals surface area contributed by atoms with E-state index in [1.54, 1.807) is 62.1 Å². The van der Waals surface area contributed by atoms with Crippen LogP contribution in [0.4, 0.5) is 5.69 Å². The van der Waals surface area contributed by atoms with E-state index in [0.29, 0.717) is 10.8 Å². The molecule has 0 radical (unpaired) electrons. The van der Waals surface area contributed by atoms with Gasteiger partial charge in [-0.15, -0.1) is 0 Å². The summed E-state index contributed by atoms with van der Waals surface area (Å²) >= 11 is 1.05. The highest BCUT2D eigenvalue weighted by atomic mass is 32.2. The molecule has 0 saturated carbocycles. The SMILES string of the molecule is CCOC(=O)C1=c2/c(=C/c3ccncc3)c(N)c(C(=O)OC)n2C(=O)[C@@H](c2ccncc2)S1. The summed E-state index contributed by atoms with van der Waals surface area (Å²) in [6.45, 7) is 1.83. The number of hydrogen-bond donors (Lipinski definition) is 1. The summed E-state index contributed by atoms with van der Waals surface area (Å²) in [5.41, 5.74) is 7.61. The number of pyridine rings is 2. The lowest BCUT2D eigenvalue weighted by molar-refractivity contribution is -0.135. The summed E-state index contributed by atoms with van der Waals surface area (Å²) in [6.07, 6.45) is 7.99. The molecule has 1 aliphatic rings. The normalized spacial score (nSPS) is 15.8. The number of hydrogen-bond acceptors (Lipinski definition) is 9. The van der Waals surface area contributed by atoms with Crippen molar-refractivity contribution in [1.82, 2.24) is 14.5 Å². The van der Waals surface area contributed by atoms with Gasteiger partial charge < -0.3 is 15.2 Å². The van der Waals surface area contributed by atoms with Crippen molar-refractivity contribution in [3.05, 3.63) is 76.4 Å². The molecule has 4 heterocycles. The maximum Gasteiger partial charge on any atom is 0.357 e. The van der Waals surface area contributed by atoms with Crippen LogP contribution in [0.5, 0.6) is 0 Å². The predicted octanol–water partition coefficient (Wildman–Crippen LogP) is 1.28. The van der Waals surface area contributed by atoms with Gasteiger partial charge in [-0.1, -0.05) is 11.8 Å². The van der Waals surface area contributed by atoms with Crippen molar-refractivity contribution in [1.29, 1.82) is 0 Å². The number of ether oxygens (including phenoxy) is 2. The fraction of sp³-hybridized carbons (Fsp3) is 0.174. The van der Waals surface area contributed by atoms with Gasteiger partial charge in [-0.2, -0.15) is 0 Å². The lowest BCUT2D eigenvalue weighted by Crippen LogP contribution is -2.42. The van der Waals surface area contributed by atoms with E-state index in [2.05, 4.69) is 9.97 Å². The van der Waals surface area contributed by atoms with Crippen molar-refractivity contribution < 1.29 is 23.9 Å². The average molecular weight is 465 g/mol. The van der Waals surface area contributed by atoms with Crippen LogP contribution in [-0.2, 0) is 14.3 Å². The Balaban J connectivity index is 2.11. The Kier molecular flexibility index (Phi) is 6.27. The Labute approximate surface area is 192 Å². The molecule has 0 amide bonds. The molecule has 168 valence electrons. The Morgan fingerprint density at radius 1 is 1.12 bits per heavy atom. The van der Waals surface area contributed by atoms with Crippen LogP contribution in [0.15, 0.2) is 49.1 Å². The van der Waals surface area contributed by atoms with Crippen LogP contribution in [0.2, 0.25) is 0 Å². The first-order valence-electron chi connectivity index (χ1n) is 10.00. The molecular weight excluding hydrogens is 444 g/mol. The van der Waals surface area contributed by atoms with Gasteiger partial charge >= 0.3 is 11.9 Å². The van der Waals surface area contributed by atoms with Gasteiger partial charge in [0, 0.05) is 30.0 Å². The minimum absolute atomic E-state index is 0.0276. The third-order valence-electron chi connectivity index (χ3n) is 5.01. The van der Waals surface area contributed by atoms with Crippen molar-refractivity contribution in [3.8, 4) is 0 Å². The topological polar surface area (TPSA) is 126 Å². The van der Waals surface area contributed by atoms with Gasteiger partial charge in [0.25, 0.3) is 0 Å². The average Bonchev–Trinajstić information content (AvgIpc) is 3.12. The first-order valence-corrected chi connectivity index (χ1v) is 10.9. The number of aromatic nitrogens is 3. The summed E-state index contributed by atoms with van der Waals surface area (Å²) in [7, 11) is 1.20. The number of rotatable bonds is 5. The first kappa shape index (κ1) is 22.3. The molecule has 1 atom stereocenters. The van der Waals surface area contributed by atoms with Crippen LogP contribution < -0.4 is 16.3 Å². The Morgan fingerprint density at radius 3 is 2.36 bits per heavy atom. The zero-order chi connectivity index (χ0) is 23.5. The van der Waals surface area contributed by atoms with Gasteiger partial charge in [-0.3, -0.25) is 19.3 Å². The largest absolute Gasteiger partial charge is 0.464 e. The number of fused-ring (bicyclic) bond motifs is 1. The Hall–Kier alpha value is -3.92. The smallest absolute Gasteiger partial charge is 0.357 e. The van der Waals surface area contributed by atoms with E-state index >= 15 is 0 Å². The first-order chi connectivity index (χ1) is 16.0. The van der Waals surface area contributed by atoms with Crippen LogP contribution in [0, 0.1) is 0 Å². The minimum Gasteiger partial charge on any atom is -0.464 e. The third-order valence-corrected chi connectivity index (χ3v) is 6.31. The van der Waals surface area contributed by atoms with E-state index in [0.717, 1.165) is 17.3 Å². The number of carbonyl (C=O) groups is 3. The molecular formula is C23H20N4O5S. The zero-order valence-corrected chi connectivity index (χ0v) is 18.7. The summed E-state index contributed by atoms with van der Waals surface area (Å²) in [6, 6.07) is 6.84. The van der Waals surface area contributed by atoms with Crippen molar-refractivity contribution in [2.45, 2.75) is 12.2 Å². The van der Waals surface area contributed by atoms with E-state index in [9.17, 15) is 14.4 Å². The van der Waals surface area contributed by atoms with Gasteiger partial charge in [-0.25, -0.2) is 9.59 Å². The Bertz CT molecular complexity index is 1350. The maximum absolute atomic E-state index is 13.7. The quantitative estimate of drug-likeness (QED) is 0.556. The molecule has 0 aliphatic carbocycles. The Morgan fingerprint density at radius 2 is 1.76 bits per heavy atom. The number of carbonyl (C=O) groups excluding carboxylic acids is 3. The molecule has 9 nitrogen and oxygen atoms in total. The standard InChI is InChI=1S/C23H20N4O5S/c1-3-32-23(30)20-17-15(12-13-4-8-25-9-5-13)16(24)18(22(29)31-2)27(17)21(28)19(33-20)14-6-10-26-11-7-14/h4-12,19H,3,24H2,1-2H3/b15-12+/t19-/m1/s1. The summed E-state index contributed by atoms with van der Waals surface area (Å²) in [5.74, 6) is -1.84. The minimum atomic E-state index is -0.816. The fourth-order valence-electron chi connectivity index (χ4n) is 3.55. The van der Waals surface area contributed by atoms with Gasteiger partial charge in [0.2, 0.25) is 5.91 Å². The molecule has 0 fully saturated rings. The highest BCUT2D eigenvalue weighted by Crippen LogP contribution is 2.39. The number of nitrogens with two attached hydrogens (primary N) is 1. The second kappa shape index (κ2) is 9.29. The molecule has 10 heteroatoms. The van der Waals surface area contributed by atoms with E-state index in [-0.39, 0.29) is 28.2 Å². The van der Waals surface area contributed by atoms with Crippen LogP contribution in [0.3, 0.4) is 0 Å². The number of methoxy groups -OCH3 is 1. The molecule has 33 heavy (non-hydrogen) atoms. The van der Waals surface area contributed by atoms with E-state index < -0.39 is 23.1 Å². The summed E-state index contributed by atoms with van der Waals surface area (Å²) in [5, 5.41) is -0.272. The number of nitrogens with zero attached hydrogens (tertiary/aromatic N) is 3. The number of anilines is 1. The van der Waals surface area contributed by atoms with Crippen LogP contribution >= 0.6 is 11.8 Å². The van der Waals surface area contributed by atoms with Crippen LogP contribution in [-0.4, -0.2) is 46.1 Å². The highest BCUT2D eigenvalue weighted by molar-refractivity contribution is 8.10. The predicted molar refractivity (Wildman–Crippen MR) is 122 cm³/mol. The molecule has 2 N–H and O–H groups in total. The molecule has 3 aromatic rings. The van der Waals surface area contributed by atoms with E-state index in [1.807, 2.05) is 0 Å². The second-order valence-corrected chi connectivity index (χ2v) is 8.06. The van der Waals surface area contributed by atoms with Crippen LogP contribution in [0.1, 0.15) is 38.6 Å². The van der Waals surface area contributed by atoms with Crippen molar-refractivity contribution in [3.63, 3.8) is 0 Å².